The molecule has 0 spiro atoms. The quantitative estimate of drug-likeness (QED) is 0.183. The van der Waals surface area contributed by atoms with Crippen LogP contribution in [0, 0.1) is 10.1 Å². The average molecular weight is 590 g/mol. The Hall–Kier alpha value is -1.17. The molecule has 8 nitrogen and oxygen atoms in total. The van der Waals surface area contributed by atoms with Crippen molar-refractivity contribution >= 4 is 59.3 Å². The van der Waals surface area contributed by atoms with Gasteiger partial charge in [-0.3, -0.25) is 0 Å². The van der Waals surface area contributed by atoms with Gasteiger partial charge in [0.05, 0.1) is 0 Å². The van der Waals surface area contributed by atoms with Gasteiger partial charge >= 0.3 is 150 Å². The number of nitro groups is 1. The van der Waals surface area contributed by atoms with Crippen molar-refractivity contribution in [2.75, 3.05) is 20.3 Å². The third-order valence-corrected chi connectivity index (χ3v) is 5.72. The normalized spacial score (nSPS) is 17.4. The molecule has 0 unspecified atom stereocenters. The number of benzene rings is 1. The van der Waals surface area contributed by atoms with E-state index in [2.05, 4.69) is 8.02 Å². The van der Waals surface area contributed by atoms with Crippen LogP contribution in [0.4, 0.5) is 5.69 Å². The molecule has 138 valence electrons. The van der Waals surface area contributed by atoms with Crippen molar-refractivity contribution in [1.29, 1.82) is 0 Å². The minimum Gasteiger partial charge on any atom is -0.208 e. The maximum Gasteiger partial charge on any atom is 0.110 e. The van der Waals surface area contributed by atoms with Gasteiger partial charge in [0.15, 0.2) is 0 Å². The fourth-order valence-electron chi connectivity index (χ4n) is 2.67. The minimum absolute atomic E-state index is 0.00653. The second-order valence-electron chi connectivity index (χ2n) is 5.37. The van der Waals surface area contributed by atoms with E-state index >= 15 is 0 Å². The molecule has 1 fully saturated rings. The fraction of sp³-hybridized carbons (Fsp3) is 0.400. The first-order valence-corrected chi connectivity index (χ1v) is 11.7. The Morgan fingerprint density at radius 3 is 2.69 bits per heavy atom. The van der Waals surface area contributed by atoms with Crippen LogP contribution in [0.3, 0.4) is 0 Å². The molecule has 1 N–H and O–H groups in total. The van der Waals surface area contributed by atoms with Gasteiger partial charge in [-0.25, -0.2) is 4.21 Å². The minimum atomic E-state index is -0.543. The van der Waals surface area contributed by atoms with Gasteiger partial charge in [-0.15, -0.1) is 0 Å². The van der Waals surface area contributed by atoms with Crippen molar-refractivity contribution in [2.45, 2.75) is 19.4 Å². The van der Waals surface area contributed by atoms with Gasteiger partial charge in [0.1, 0.15) is 10.8 Å². The molecule has 1 heterocycles. The molecular weight excluding hydrogens is 572 g/mol. The van der Waals surface area contributed by atoms with Gasteiger partial charge in [-0.1, -0.05) is 0 Å². The number of amides is 1. The van der Waals surface area contributed by atoms with Crippen LogP contribution in [0.15, 0.2) is 23.8 Å². The van der Waals surface area contributed by atoms with E-state index < -0.39 is 10.8 Å². The Labute approximate surface area is 172 Å². The van der Waals surface area contributed by atoms with E-state index in [0.29, 0.717) is 55.3 Å². The van der Waals surface area contributed by atoms with Crippen LogP contribution in [-0.2, 0) is 10.8 Å². The molecule has 2 rings (SSSR count). The third kappa shape index (κ3) is 5.41. The maximum atomic E-state index is 12.8. The summed E-state index contributed by atoms with van der Waals surface area (Å²) in [6, 6.07) is 2.51. The summed E-state index contributed by atoms with van der Waals surface area (Å²) in [6.45, 7) is 2.08. The Bertz CT molecular complexity index is 767. The number of hydrogen-bond donors (Lipinski definition) is 1. The van der Waals surface area contributed by atoms with Gasteiger partial charge < -0.3 is 0 Å². The SMILES string of the molecule is C/C=C1\C[C@@H](CO)N(C(=O)c2cc(OC)[c]([Tl])cc2[N+](=O)[O-])C1.O=S=P. The summed E-state index contributed by atoms with van der Waals surface area (Å²) in [5, 5.41) is 20.8. The summed E-state index contributed by atoms with van der Waals surface area (Å²) in [6.07, 6.45) is 2.50. The van der Waals surface area contributed by atoms with Crippen molar-refractivity contribution in [3.05, 3.63) is 39.5 Å². The van der Waals surface area contributed by atoms with Gasteiger partial charge in [0.25, 0.3) is 0 Å². The van der Waals surface area contributed by atoms with Gasteiger partial charge in [-0.05, 0) is 8.02 Å². The Balaban J connectivity index is 0.00000105. The smallest absolute Gasteiger partial charge is 0.110 e. The van der Waals surface area contributed by atoms with Crippen LogP contribution >= 0.6 is 8.02 Å². The zero-order chi connectivity index (χ0) is 19.9. The molecule has 0 saturated carbocycles. The number of ether oxygens (including phenoxy) is 1. The maximum absolute atomic E-state index is 12.8. The van der Waals surface area contributed by atoms with Crippen LogP contribution in [0.25, 0.3) is 0 Å². The molecule has 1 amide bonds. The van der Waals surface area contributed by atoms with E-state index in [4.69, 9.17) is 8.95 Å². The summed E-state index contributed by atoms with van der Waals surface area (Å²) in [5.74, 6) is 0.0471. The largest absolute Gasteiger partial charge is 0.208 e. The molecule has 1 saturated heterocycles. The zero-order valence-corrected chi connectivity index (χ0v) is 20.6. The van der Waals surface area contributed by atoms with E-state index in [1.54, 1.807) is 0 Å². The first-order valence-electron chi connectivity index (χ1n) is 7.47. The number of methoxy groups -OCH3 is 1. The summed E-state index contributed by atoms with van der Waals surface area (Å²) >= 11 is 0.351. The Morgan fingerprint density at radius 1 is 1.62 bits per heavy atom. The second kappa shape index (κ2) is 10.9. The Kier molecular flexibility index (Phi) is 9.55. The summed E-state index contributed by atoms with van der Waals surface area (Å²) < 4.78 is 14.7. The number of allylic oxidation sites excluding steroid dienone is 1. The van der Waals surface area contributed by atoms with Gasteiger partial charge in [0, 0.05) is 0 Å². The molecule has 0 aromatic heterocycles. The van der Waals surface area contributed by atoms with Crippen molar-refractivity contribution in [1.82, 2.24) is 4.90 Å². The molecule has 26 heavy (non-hydrogen) atoms. The Morgan fingerprint density at radius 2 is 2.23 bits per heavy atom. The number of rotatable bonds is 4. The third-order valence-electron chi connectivity index (χ3n) is 3.97. The van der Waals surface area contributed by atoms with Crippen molar-refractivity contribution in [3.63, 3.8) is 0 Å². The fourth-order valence-corrected chi connectivity index (χ4v) is 4.07. The van der Waals surface area contributed by atoms with E-state index in [-0.39, 0.29) is 23.9 Å². The predicted molar refractivity (Wildman–Crippen MR) is 102 cm³/mol. The summed E-state index contributed by atoms with van der Waals surface area (Å²) in [5.41, 5.74) is 0.832. The van der Waals surface area contributed by atoms with Crippen molar-refractivity contribution < 1.29 is 23.8 Å². The van der Waals surface area contributed by atoms with Crippen molar-refractivity contribution in [2.24, 2.45) is 0 Å². The number of likely N-dealkylation sites (tertiary alicyclic amines) is 1. The topological polar surface area (TPSA) is 110 Å². The standard InChI is InChI=1S/C15H17N2O5.HOPS.Tl/c1-3-10-6-11(9-18)16(8-10)15(19)13-7-12(22-2)4-5-14(13)17(20)21;1-3-2;/h3,5,7,11,18H,6,8-9H2,1-2H3;2H;/b10-3+;;/t11-;;/m0../s1. The average Bonchev–Trinajstić information content (AvgIpc) is 3.05. The van der Waals surface area contributed by atoms with E-state index in [1.807, 2.05) is 13.0 Å². The van der Waals surface area contributed by atoms with Crippen LogP contribution in [0.1, 0.15) is 23.7 Å². The van der Waals surface area contributed by atoms with Crippen LogP contribution in [-0.4, -0.2) is 77.1 Å². The molecular formula is C15H18N2O6PSTl. The van der Waals surface area contributed by atoms with E-state index in [0.717, 1.165) is 8.70 Å². The second-order valence-corrected chi connectivity index (χ2v) is 8.46. The molecule has 0 radical (unpaired) electrons. The summed E-state index contributed by atoms with van der Waals surface area (Å²) in [7, 11) is 4.33. The van der Waals surface area contributed by atoms with Crippen molar-refractivity contribution in [3.8, 4) is 5.75 Å². The number of carbonyl (C=O) groups excluding carboxylic acids is 1. The van der Waals surface area contributed by atoms with E-state index in [9.17, 15) is 20.0 Å². The first kappa shape index (κ1) is 22.9. The monoisotopic (exact) mass is 590 g/mol. The van der Waals surface area contributed by atoms with Gasteiger partial charge in [-0.2, -0.15) is 0 Å². The molecule has 1 aliphatic heterocycles. The number of aliphatic hydroxyl groups is 1. The number of nitrogens with zero attached hydrogens (tertiary/aromatic N) is 2. The molecule has 11 heteroatoms. The zero-order valence-electron chi connectivity index (χ0n) is 14.3. The number of nitro benzene ring substituents is 1. The molecule has 1 aromatic rings. The molecule has 0 bridgehead atoms. The molecule has 1 aromatic carbocycles. The molecule has 1 aliphatic rings. The first-order chi connectivity index (χ1) is 12.3. The number of hydrogen-bond acceptors (Lipinski definition) is 6. The van der Waals surface area contributed by atoms with Crippen LogP contribution in [0.5, 0.6) is 5.75 Å². The predicted octanol–water partition coefficient (Wildman–Crippen LogP) is 0.807. The number of aliphatic hydroxyl groups excluding tert-OH is 1. The van der Waals surface area contributed by atoms with Gasteiger partial charge in [0.2, 0.25) is 0 Å². The van der Waals surface area contributed by atoms with Crippen LogP contribution in [0.2, 0.25) is 0 Å². The van der Waals surface area contributed by atoms with E-state index in [1.165, 1.54) is 24.1 Å². The van der Waals surface area contributed by atoms with Crippen LogP contribution < -0.4 is 7.86 Å². The molecule has 0 aliphatic carbocycles. The number of carbonyl (C=O) groups is 1. The summed E-state index contributed by atoms with van der Waals surface area (Å²) in [4.78, 5) is 25.1. The molecule has 1 atom stereocenters.